The van der Waals surface area contributed by atoms with Gasteiger partial charge in [0, 0.05) is 24.4 Å². The summed E-state index contributed by atoms with van der Waals surface area (Å²) < 4.78 is 18.3. The molecule has 5 heteroatoms. The van der Waals surface area contributed by atoms with Gasteiger partial charge in [0.05, 0.1) is 6.61 Å². The highest BCUT2D eigenvalue weighted by Crippen LogP contribution is 2.46. The molecule has 0 aliphatic carbocycles. The molecule has 0 aromatic heterocycles. The molecule has 1 atom stereocenters. The van der Waals surface area contributed by atoms with Crippen molar-refractivity contribution >= 4 is 18.6 Å². The molecule has 0 aliphatic heterocycles. The van der Waals surface area contributed by atoms with Crippen LogP contribution in [0.4, 0.5) is 0 Å². The Balaban J connectivity index is 2.58. The minimum atomic E-state index is -2.85. The molecule has 1 aromatic rings. The lowest BCUT2D eigenvalue weighted by Gasteiger charge is -2.18. The van der Waals surface area contributed by atoms with Crippen LogP contribution < -0.4 is 10.6 Å². The number of carbonyl (C=O) groups is 1. The molecule has 0 aliphatic rings. The Hall–Kier alpha value is -1.38. The van der Waals surface area contributed by atoms with E-state index in [4.69, 9.17) is 4.52 Å². The minimum Gasteiger partial charge on any atom is -0.353 e. The smallest absolute Gasteiger partial charge is 0.232 e. The highest BCUT2D eigenvalue weighted by atomic mass is 31.2. The minimum absolute atomic E-state index is 0.0546. The Morgan fingerprint density at radius 2 is 2.10 bits per heavy atom. The van der Waals surface area contributed by atoms with Gasteiger partial charge in [0.1, 0.15) is 0 Å². The summed E-state index contributed by atoms with van der Waals surface area (Å²) in [5.74, 6) is -0.0546. The predicted octanol–water partition coefficient (Wildman–Crippen LogP) is 2.71. The van der Waals surface area contributed by atoms with Crippen molar-refractivity contribution in [3.8, 4) is 0 Å². The molecule has 0 bridgehead atoms. The van der Waals surface area contributed by atoms with Crippen molar-refractivity contribution in [1.82, 2.24) is 5.32 Å². The summed E-state index contributed by atoms with van der Waals surface area (Å²) in [5.41, 5.74) is 0. The van der Waals surface area contributed by atoms with Crippen molar-refractivity contribution in [3.63, 3.8) is 0 Å². The molecule has 0 spiro atoms. The van der Waals surface area contributed by atoms with E-state index in [1.165, 1.54) is 0 Å². The van der Waals surface area contributed by atoms with Crippen molar-refractivity contribution in [2.45, 2.75) is 19.8 Å². The summed E-state index contributed by atoms with van der Waals surface area (Å²) >= 11 is 0. The lowest BCUT2D eigenvalue weighted by Crippen LogP contribution is -2.23. The van der Waals surface area contributed by atoms with Crippen LogP contribution in [0.15, 0.2) is 43.0 Å². The largest absolute Gasteiger partial charge is 0.353 e. The first kappa shape index (κ1) is 16.7. The fraction of sp³-hybridized carbons (Fsp3) is 0.400. The number of carbonyl (C=O) groups excluding carboxylic acids is 1. The van der Waals surface area contributed by atoms with E-state index >= 15 is 0 Å². The molecule has 0 radical (unpaired) electrons. The molecule has 0 heterocycles. The molecular formula is C15H22NO3P. The molecule has 0 saturated heterocycles. The molecule has 1 aromatic carbocycles. The van der Waals surface area contributed by atoms with Crippen LogP contribution in [0.25, 0.3) is 0 Å². The second-order valence-electron chi connectivity index (χ2n) is 4.35. The van der Waals surface area contributed by atoms with Gasteiger partial charge in [-0.1, -0.05) is 24.3 Å². The fourth-order valence-corrected chi connectivity index (χ4v) is 4.01. The van der Waals surface area contributed by atoms with Gasteiger partial charge < -0.3 is 9.84 Å². The Labute approximate surface area is 120 Å². The quantitative estimate of drug-likeness (QED) is 0.563. The Bertz CT molecular complexity index is 473. The molecule has 1 unspecified atom stereocenters. The van der Waals surface area contributed by atoms with E-state index in [0.717, 1.165) is 0 Å². The van der Waals surface area contributed by atoms with Gasteiger partial charge in [0.25, 0.3) is 0 Å². The van der Waals surface area contributed by atoms with Crippen molar-refractivity contribution in [1.29, 1.82) is 0 Å². The number of hydrogen-bond acceptors (Lipinski definition) is 3. The highest BCUT2D eigenvalue weighted by Gasteiger charge is 2.24. The van der Waals surface area contributed by atoms with Gasteiger partial charge in [0.2, 0.25) is 13.3 Å². The fourth-order valence-electron chi connectivity index (χ4n) is 1.85. The number of rotatable bonds is 9. The molecule has 0 fully saturated rings. The standard InChI is InChI=1S/C15H22NO3P/c1-3-12-16-15(17)11-8-13-20(18,19-4-2)14-9-6-5-7-10-14/h3,5-7,9-10H,1,4,8,11-13H2,2H3,(H,16,17). The van der Waals surface area contributed by atoms with Crippen LogP contribution in [0.2, 0.25) is 0 Å². The van der Waals surface area contributed by atoms with Crippen molar-refractivity contribution < 1.29 is 13.9 Å². The van der Waals surface area contributed by atoms with Gasteiger partial charge in [-0.3, -0.25) is 9.36 Å². The summed E-state index contributed by atoms with van der Waals surface area (Å²) in [6.45, 7) is 6.22. The zero-order chi connectivity index (χ0) is 14.8. The van der Waals surface area contributed by atoms with Gasteiger partial charge >= 0.3 is 0 Å². The molecule has 1 N–H and O–H groups in total. The number of amides is 1. The Kier molecular flexibility index (Phi) is 7.27. The summed E-state index contributed by atoms with van der Waals surface area (Å²) in [5, 5.41) is 3.42. The molecule has 1 rings (SSSR count). The van der Waals surface area contributed by atoms with E-state index in [1.807, 2.05) is 37.3 Å². The first-order valence-electron chi connectivity index (χ1n) is 6.79. The van der Waals surface area contributed by atoms with Crippen LogP contribution in [0.1, 0.15) is 19.8 Å². The third-order valence-corrected chi connectivity index (χ3v) is 5.45. The molecule has 4 nitrogen and oxygen atoms in total. The van der Waals surface area contributed by atoms with E-state index in [0.29, 0.717) is 37.5 Å². The van der Waals surface area contributed by atoms with Gasteiger partial charge in [-0.2, -0.15) is 0 Å². The topological polar surface area (TPSA) is 55.4 Å². The van der Waals surface area contributed by atoms with Crippen LogP contribution in [0.5, 0.6) is 0 Å². The zero-order valence-corrected chi connectivity index (χ0v) is 12.8. The lowest BCUT2D eigenvalue weighted by atomic mass is 10.3. The summed E-state index contributed by atoms with van der Waals surface area (Å²) in [7, 11) is -2.85. The zero-order valence-electron chi connectivity index (χ0n) is 11.9. The maximum atomic E-state index is 12.8. The van der Waals surface area contributed by atoms with Gasteiger partial charge in [-0.25, -0.2) is 0 Å². The highest BCUT2D eigenvalue weighted by molar-refractivity contribution is 7.67. The average Bonchev–Trinajstić information content (AvgIpc) is 2.46. The monoisotopic (exact) mass is 295 g/mol. The van der Waals surface area contributed by atoms with Gasteiger partial charge in [0.15, 0.2) is 0 Å². The van der Waals surface area contributed by atoms with Crippen LogP contribution in [0.3, 0.4) is 0 Å². The normalized spacial score (nSPS) is 13.4. The predicted molar refractivity (Wildman–Crippen MR) is 82.6 cm³/mol. The van der Waals surface area contributed by atoms with E-state index in [-0.39, 0.29) is 5.91 Å². The molecule has 110 valence electrons. The maximum Gasteiger partial charge on any atom is 0.232 e. The molecule has 20 heavy (non-hydrogen) atoms. The third-order valence-electron chi connectivity index (χ3n) is 2.79. The SMILES string of the molecule is C=CCNC(=O)CCCP(=O)(OCC)c1ccccc1. The van der Waals surface area contributed by atoms with Crippen LogP contribution in [-0.4, -0.2) is 25.2 Å². The summed E-state index contributed by atoms with van der Waals surface area (Å²) in [6, 6.07) is 9.19. The van der Waals surface area contributed by atoms with Crippen molar-refractivity contribution in [2.24, 2.45) is 0 Å². The maximum absolute atomic E-state index is 12.8. The summed E-state index contributed by atoms with van der Waals surface area (Å²) in [4.78, 5) is 11.5. The molecule has 0 saturated carbocycles. The van der Waals surface area contributed by atoms with Gasteiger partial charge in [-0.05, 0) is 25.5 Å². The van der Waals surface area contributed by atoms with Crippen LogP contribution in [0, 0.1) is 0 Å². The average molecular weight is 295 g/mol. The number of nitrogens with one attached hydrogen (secondary N) is 1. The second-order valence-corrected chi connectivity index (χ2v) is 6.92. The van der Waals surface area contributed by atoms with E-state index in [2.05, 4.69) is 11.9 Å². The van der Waals surface area contributed by atoms with Crippen LogP contribution >= 0.6 is 7.37 Å². The molecular weight excluding hydrogens is 273 g/mol. The van der Waals surface area contributed by atoms with Crippen LogP contribution in [-0.2, 0) is 13.9 Å². The first-order chi connectivity index (χ1) is 9.62. The Morgan fingerprint density at radius 3 is 2.70 bits per heavy atom. The van der Waals surface area contributed by atoms with E-state index in [9.17, 15) is 9.36 Å². The van der Waals surface area contributed by atoms with Crippen molar-refractivity contribution in [3.05, 3.63) is 43.0 Å². The first-order valence-corrected chi connectivity index (χ1v) is 8.60. The van der Waals surface area contributed by atoms with E-state index < -0.39 is 7.37 Å². The van der Waals surface area contributed by atoms with Crippen molar-refractivity contribution in [2.75, 3.05) is 19.3 Å². The molecule has 1 amide bonds. The van der Waals surface area contributed by atoms with Gasteiger partial charge in [-0.15, -0.1) is 6.58 Å². The third kappa shape index (κ3) is 5.32. The van der Waals surface area contributed by atoms with E-state index in [1.54, 1.807) is 6.08 Å². The number of hydrogen-bond donors (Lipinski definition) is 1. The Morgan fingerprint density at radius 1 is 1.40 bits per heavy atom. The second kappa shape index (κ2) is 8.72. The number of benzene rings is 1. The lowest BCUT2D eigenvalue weighted by molar-refractivity contribution is -0.120. The summed E-state index contributed by atoms with van der Waals surface area (Å²) in [6.07, 6.45) is 2.90.